The lowest BCUT2D eigenvalue weighted by atomic mass is 10.1. The number of hydrogen-bond donors (Lipinski definition) is 1. The molecule has 0 spiro atoms. The standard InChI is InChI=1S/C17H21N3O2/c1-4-5-10-20-16(21)9-8-15(19-20)17(22)18-14-7-6-12(2)13(3)11-14/h6-9,11H,4-5,10H2,1-3H3,(H,18,22). The molecule has 1 N–H and O–H groups in total. The van der Waals surface area contributed by atoms with E-state index in [4.69, 9.17) is 0 Å². The van der Waals surface area contributed by atoms with Crippen molar-refractivity contribution >= 4 is 11.6 Å². The van der Waals surface area contributed by atoms with Gasteiger partial charge in [0.2, 0.25) is 0 Å². The lowest BCUT2D eigenvalue weighted by Gasteiger charge is -2.09. The number of nitrogens with one attached hydrogen (secondary N) is 1. The van der Waals surface area contributed by atoms with E-state index in [2.05, 4.69) is 10.4 Å². The molecule has 0 saturated carbocycles. The van der Waals surface area contributed by atoms with Gasteiger partial charge < -0.3 is 5.32 Å². The number of benzene rings is 1. The van der Waals surface area contributed by atoms with Gasteiger partial charge in [-0.15, -0.1) is 0 Å². The van der Waals surface area contributed by atoms with Crippen LogP contribution in [0.5, 0.6) is 0 Å². The van der Waals surface area contributed by atoms with Crippen molar-refractivity contribution in [3.8, 4) is 0 Å². The third kappa shape index (κ3) is 3.81. The Balaban J connectivity index is 2.18. The normalized spacial score (nSPS) is 10.5. The van der Waals surface area contributed by atoms with Gasteiger partial charge in [0.25, 0.3) is 11.5 Å². The molecule has 1 amide bonds. The minimum atomic E-state index is -0.312. The van der Waals surface area contributed by atoms with Crippen LogP contribution < -0.4 is 10.9 Å². The predicted molar refractivity (Wildman–Crippen MR) is 87.3 cm³/mol. The van der Waals surface area contributed by atoms with Gasteiger partial charge in [0, 0.05) is 18.3 Å². The summed E-state index contributed by atoms with van der Waals surface area (Å²) in [6.07, 6.45) is 1.82. The van der Waals surface area contributed by atoms with Crippen molar-refractivity contribution in [2.75, 3.05) is 5.32 Å². The van der Waals surface area contributed by atoms with Gasteiger partial charge >= 0.3 is 0 Å². The zero-order valence-electron chi connectivity index (χ0n) is 13.2. The van der Waals surface area contributed by atoms with E-state index in [1.807, 2.05) is 39.0 Å². The van der Waals surface area contributed by atoms with Crippen molar-refractivity contribution in [1.29, 1.82) is 0 Å². The molecule has 1 heterocycles. The molecule has 116 valence electrons. The zero-order valence-corrected chi connectivity index (χ0v) is 13.2. The number of unbranched alkanes of at least 4 members (excludes halogenated alkanes) is 1. The van der Waals surface area contributed by atoms with E-state index in [1.54, 1.807) is 0 Å². The van der Waals surface area contributed by atoms with E-state index < -0.39 is 0 Å². The molecule has 2 aromatic rings. The van der Waals surface area contributed by atoms with Crippen molar-refractivity contribution < 1.29 is 4.79 Å². The van der Waals surface area contributed by atoms with Gasteiger partial charge in [-0.05, 0) is 49.6 Å². The van der Waals surface area contributed by atoms with Crippen molar-refractivity contribution in [1.82, 2.24) is 9.78 Å². The summed E-state index contributed by atoms with van der Waals surface area (Å²) in [5.41, 5.74) is 3.06. The summed E-state index contributed by atoms with van der Waals surface area (Å²) < 4.78 is 1.35. The Morgan fingerprint density at radius 3 is 2.64 bits per heavy atom. The fourth-order valence-electron chi connectivity index (χ4n) is 2.05. The number of carbonyl (C=O) groups excluding carboxylic acids is 1. The molecular weight excluding hydrogens is 278 g/mol. The molecule has 22 heavy (non-hydrogen) atoms. The number of rotatable bonds is 5. The smallest absolute Gasteiger partial charge is 0.276 e. The zero-order chi connectivity index (χ0) is 16.1. The van der Waals surface area contributed by atoms with Gasteiger partial charge in [-0.1, -0.05) is 19.4 Å². The number of nitrogens with zero attached hydrogens (tertiary/aromatic N) is 2. The summed E-state index contributed by atoms with van der Waals surface area (Å²) in [5, 5.41) is 6.95. The van der Waals surface area contributed by atoms with E-state index in [0.717, 1.165) is 24.1 Å². The average Bonchev–Trinajstić information content (AvgIpc) is 2.50. The van der Waals surface area contributed by atoms with E-state index in [0.29, 0.717) is 6.54 Å². The van der Waals surface area contributed by atoms with Gasteiger partial charge in [-0.2, -0.15) is 5.10 Å². The molecule has 1 aromatic heterocycles. The Labute approximate surface area is 130 Å². The molecule has 0 atom stereocenters. The number of anilines is 1. The second-order valence-corrected chi connectivity index (χ2v) is 5.39. The van der Waals surface area contributed by atoms with Crippen molar-refractivity contribution in [3.63, 3.8) is 0 Å². The number of amides is 1. The van der Waals surface area contributed by atoms with Crippen molar-refractivity contribution in [3.05, 3.63) is 57.5 Å². The van der Waals surface area contributed by atoms with E-state index in [1.165, 1.54) is 22.4 Å². The van der Waals surface area contributed by atoms with E-state index in [9.17, 15) is 9.59 Å². The fraction of sp³-hybridized carbons (Fsp3) is 0.353. The average molecular weight is 299 g/mol. The molecule has 0 radical (unpaired) electrons. The molecule has 0 fully saturated rings. The predicted octanol–water partition coefficient (Wildman–Crippen LogP) is 2.91. The molecule has 0 saturated heterocycles. The molecule has 0 bridgehead atoms. The van der Waals surface area contributed by atoms with Crippen LogP contribution in [0.25, 0.3) is 0 Å². The summed E-state index contributed by atoms with van der Waals surface area (Å²) in [5.74, 6) is -0.312. The maximum atomic E-state index is 12.3. The summed E-state index contributed by atoms with van der Waals surface area (Å²) >= 11 is 0. The van der Waals surface area contributed by atoms with Crippen LogP contribution in [0.4, 0.5) is 5.69 Å². The molecule has 2 rings (SSSR count). The van der Waals surface area contributed by atoms with Crippen LogP contribution in [-0.2, 0) is 6.54 Å². The maximum Gasteiger partial charge on any atom is 0.276 e. The summed E-state index contributed by atoms with van der Waals surface area (Å²) in [6.45, 7) is 6.59. The Hall–Kier alpha value is -2.43. The van der Waals surface area contributed by atoms with Gasteiger partial charge in [0.15, 0.2) is 0 Å². The molecule has 0 unspecified atom stereocenters. The van der Waals surface area contributed by atoms with E-state index >= 15 is 0 Å². The fourth-order valence-corrected chi connectivity index (χ4v) is 2.05. The first kappa shape index (κ1) is 15.9. The highest BCUT2D eigenvalue weighted by Crippen LogP contribution is 2.14. The van der Waals surface area contributed by atoms with Crippen LogP contribution in [0.3, 0.4) is 0 Å². The minimum Gasteiger partial charge on any atom is -0.321 e. The first-order valence-corrected chi connectivity index (χ1v) is 7.48. The van der Waals surface area contributed by atoms with Crippen LogP contribution in [-0.4, -0.2) is 15.7 Å². The molecule has 0 aliphatic carbocycles. The lowest BCUT2D eigenvalue weighted by Crippen LogP contribution is -2.26. The van der Waals surface area contributed by atoms with Crippen LogP contribution in [0, 0.1) is 13.8 Å². The van der Waals surface area contributed by atoms with Gasteiger partial charge in [-0.25, -0.2) is 4.68 Å². The quantitative estimate of drug-likeness (QED) is 0.923. The number of aryl methyl sites for hydroxylation is 3. The third-order valence-corrected chi connectivity index (χ3v) is 3.59. The second kappa shape index (κ2) is 7.02. The Morgan fingerprint density at radius 2 is 1.95 bits per heavy atom. The first-order chi connectivity index (χ1) is 10.5. The highest BCUT2D eigenvalue weighted by atomic mass is 16.2. The Kier molecular flexibility index (Phi) is 5.09. The van der Waals surface area contributed by atoms with Crippen LogP contribution in [0.2, 0.25) is 0 Å². The highest BCUT2D eigenvalue weighted by Gasteiger charge is 2.10. The molecule has 1 aromatic carbocycles. The van der Waals surface area contributed by atoms with E-state index in [-0.39, 0.29) is 17.2 Å². The largest absolute Gasteiger partial charge is 0.321 e. The lowest BCUT2D eigenvalue weighted by molar-refractivity contribution is 0.101. The van der Waals surface area contributed by atoms with Gasteiger partial charge in [-0.3, -0.25) is 9.59 Å². The molecule has 5 heteroatoms. The Bertz CT molecular complexity index is 735. The second-order valence-electron chi connectivity index (χ2n) is 5.39. The third-order valence-electron chi connectivity index (χ3n) is 3.59. The molecule has 5 nitrogen and oxygen atoms in total. The van der Waals surface area contributed by atoms with Crippen molar-refractivity contribution in [2.24, 2.45) is 0 Å². The topological polar surface area (TPSA) is 64.0 Å². The number of hydrogen-bond acceptors (Lipinski definition) is 3. The van der Waals surface area contributed by atoms with Crippen molar-refractivity contribution in [2.45, 2.75) is 40.2 Å². The van der Waals surface area contributed by atoms with Gasteiger partial charge in [0.05, 0.1) is 0 Å². The van der Waals surface area contributed by atoms with Crippen LogP contribution >= 0.6 is 0 Å². The maximum absolute atomic E-state index is 12.3. The van der Waals surface area contributed by atoms with Crippen LogP contribution in [0.1, 0.15) is 41.4 Å². The molecular formula is C17H21N3O2. The summed E-state index contributed by atoms with van der Waals surface area (Å²) in [6, 6.07) is 8.58. The number of carbonyl (C=O) groups is 1. The molecule has 0 aliphatic rings. The Morgan fingerprint density at radius 1 is 1.18 bits per heavy atom. The monoisotopic (exact) mass is 299 g/mol. The minimum absolute atomic E-state index is 0.184. The first-order valence-electron chi connectivity index (χ1n) is 7.48. The molecule has 0 aliphatic heterocycles. The highest BCUT2D eigenvalue weighted by molar-refractivity contribution is 6.02. The summed E-state index contributed by atoms with van der Waals surface area (Å²) in [7, 11) is 0. The van der Waals surface area contributed by atoms with Gasteiger partial charge in [0.1, 0.15) is 5.69 Å². The number of aromatic nitrogens is 2. The summed E-state index contributed by atoms with van der Waals surface area (Å²) in [4.78, 5) is 24.0. The van der Waals surface area contributed by atoms with Crippen LogP contribution in [0.15, 0.2) is 35.1 Å². The SMILES string of the molecule is CCCCn1nc(C(=O)Nc2ccc(C)c(C)c2)ccc1=O.